The van der Waals surface area contributed by atoms with E-state index in [1.807, 2.05) is 30.3 Å². The summed E-state index contributed by atoms with van der Waals surface area (Å²) in [6, 6.07) is 9.43. The predicted octanol–water partition coefficient (Wildman–Crippen LogP) is 8.47. The number of esters is 1. The lowest BCUT2D eigenvalue weighted by Crippen LogP contribution is -2.67. The molecule has 0 unspecified atom stereocenters. The van der Waals surface area contributed by atoms with Crippen LogP contribution >= 0.6 is 0 Å². The van der Waals surface area contributed by atoms with E-state index in [9.17, 15) is 14.4 Å². The minimum absolute atomic E-state index is 0.0471. The summed E-state index contributed by atoms with van der Waals surface area (Å²) in [6.45, 7) is 17.9. The van der Waals surface area contributed by atoms with Crippen molar-refractivity contribution < 1.29 is 19.1 Å². The highest BCUT2D eigenvalue weighted by molar-refractivity contribution is 5.95. The van der Waals surface area contributed by atoms with Crippen LogP contribution in [-0.4, -0.2) is 29.4 Å². The Morgan fingerprint density at radius 1 is 0.864 bits per heavy atom. The van der Waals surface area contributed by atoms with Gasteiger partial charge in [0.2, 0.25) is 0 Å². The first-order valence-corrected chi connectivity index (χ1v) is 17.0. The molecule has 5 aliphatic rings. The fourth-order valence-corrected chi connectivity index (χ4v) is 11.6. The molecular formula is C38H54N2O4. The molecule has 2 amide bonds. The van der Waals surface area contributed by atoms with Crippen molar-refractivity contribution in [3.05, 3.63) is 42.0 Å². The number of fused-ring (bicyclic) bond motifs is 7. The van der Waals surface area contributed by atoms with Crippen molar-refractivity contribution in [2.24, 2.45) is 44.8 Å². The highest BCUT2D eigenvalue weighted by Crippen LogP contribution is 2.75. The first-order chi connectivity index (χ1) is 20.5. The molecular weight excluding hydrogens is 548 g/mol. The number of allylic oxidation sites excluding steroid dienone is 2. The van der Waals surface area contributed by atoms with E-state index < -0.39 is 0 Å². The van der Waals surface area contributed by atoms with Gasteiger partial charge in [0, 0.05) is 29.5 Å². The molecule has 4 saturated carbocycles. The van der Waals surface area contributed by atoms with Gasteiger partial charge < -0.3 is 15.4 Å². The Labute approximate surface area is 264 Å². The summed E-state index contributed by atoms with van der Waals surface area (Å²) in [5.41, 5.74) is 1.35. The van der Waals surface area contributed by atoms with Crippen LogP contribution in [0.3, 0.4) is 0 Å². The summed E-state index contributed by atoms with van der Waals surface area (Å²) >= 11 is 0. The normalized spacial score (nSPS) is 44.1. The van der Waals surface area contributed by atoms with E-state index in [0.29, 0.717) is 11.7 Å². The topological polar surface area (TPSA) is 84.5 Å². The van der Waals surface area contributed by atoms with E-state index >= 15 is 0 Å². The van der Waals surface area contributed by atoms with Crippen LogP contribution in [0, 0.1) is 44.8 Å². The Kier molecular flexibility index (Phi) is 7.26. The summed E-state index contributed by atoms with van der Waals surface area (Å²) in [6.07, 6.45) is 10.8. The van der Waals surface area contributed by atoms with E-state index in [1.54, 1.807) is 0 Å². The van der Waals surface area contributed by atoms with Crippen LogP contribution in [0.2, 0.25) is 0 Å². The molecule has 0 heterocycles. The number of rotatable bonds is 3. The van der Waals surface area contributed by atoms with Gasteiger partial charge in [0.05, 0.1) is 0 Å². The Morgan fingerprint density at radius 3 is 2.23 bits per heavy atom. The van der Waals surface area contributed by atoms with Gasteiger partial charge in [0.15, 0.2) is 5.78 Å². The van der Waals surface area contributed by atoms with Crippen molar-refractivity contribution in [3.8, 4) is 0 Å². The predicted molar refractivity (Wildman–Crippen MR) is 174 cm³/mol. The molecule has 0 saturated heterocycles. The van der Waals surface area contributed by atoms with E-state index in [0.717, 1.165) is 63.5 Å². The fraction of sp³-hybridized carbons (Fsp3) is 0.711. The van der Waals surface area contributed by atoms with Crippen molar-refractivity contribution in [1.29, 1.82) is 0 Å². The zero-order valence-electron chi connectivity index (χ0n) is 28.3. The molecule has 0 bridgehead atoms. The average molecular weight is 603 g/mol. The van der Waals surface area contributed by atoms with E-state index in [4.69, 9.17) is 4.74 Å². The van der Waals surface area contributed by atoms with Gasteiger partial charge in [0.25, 0.3) is 0 Å². The summed E-state index contributed by atoms with van der Waals surface area (Å²) in [5.74, 6) is 0.612. The van der Waals surface area contributed by atoms with Crippen molar-refractivity contribution in [2.75, 3.05) is 5.32 Å². The molecule has 0 aliphatic heterocycles. The second-order valence-corrected chi connectivity index (χ2v) is 17.2. The molecule has 240 valence electrons. The second kappa shape index (κ2) is 10.2. The van der Waals surface area contributed by atoms with Crippen LogP contribution < -0.4 is 10.6 Å². The number of para-hydroxylation sites is 1. The van der Waals surface area contributed by atoms with E-state index in [-0.39, 0.29) is 62.6 Å². The van der Waals surface area contributed by atoms with Crippen molar-refractivity contribution >= 4 is 23.5 Å². The molecule has 6 rings (SSSR count). The highest BCUT2D eigenvalue weighted by Gasteiger charge is 2.70. The molecule has 1 aromatic rings. The van der Waals surface area contributed by atoms with Crippen LogP contribution in [0.15, 0.2) is 42.0 Å². The lowest BCUT2D eigenvalue weighted by Gasteiger charge is -2.70. The zero-order chi connectivity index (χ0) is 31.9. The molecule has 0 spiro atoms. The number of urea groups is 1. The molecule has 0 radical (unpaired) electrons. The summed E-state index contributed by atoms with van der Waals surface area (Å²) in [4.78, 5) is 39.8. The Hall–Kier alpha value is -2.63. The first kappa shape index (κ1) is 31.4. The molecule has 6 heteroatoms. The van der Waals surface area contributed by atoms with Crippen molar-refractivity contribution in [2.45, 2.75) is 125 Å². The number of anilines is 1. The maximum Gasteiger partial charge on any atom is 0.319 e. The van der Waals surface area contributed by atoms with Gasteiger partial charge in [-0.25, -0.2) is 4.79 Å². The summed E-state index contributed by atoms with van der Waals surface area (Å²) < 4.78 is 5.87. The smallest absolute Gasteiger partial charge is 0.319 e. The van der Waals surface area contributed by atoms with Gasteiger partial charge in [-0.1, -0.05) is 65.3 Å². The van der Waals surface area contributed by atoms with Crippen molar-refractivity contribution in [1.82, 2.24) is 5.32 Å². The zero-order valence-corrected chi connectivity index (χ0v) is 28.3. The third kappa shape index (κ3) is 4.59. The fourth-order valence-electron chi connectivity index (χ4n) is 11.6. The van der Waals surface area contributed by atoms with Gasteiger partial charge in [0.1, 0.15) is 6.10 Å². The van der Waals surface area contributed by atoms with Crippen LogP contribution in [-0.2, 0) is 14.3 Å². The van der Waals surface area contributed by atoms with E-state index in [1.165, 1.54) is 12.5 Å². The van der Waals surface area contributed by atoms with Crippen LogP contribution in [0.25, 0.3) is 0 Å². The van der Waals surface area contributed by atoms with Crippen LogP contribution in [0.5, 0.6) is 0 Å². The summed E-state index contributed by atoms with van der Waals surface area (Å²) in [5, 5.41) is 6.37. The van der Waals surface area contributed by atoms with Gasteiger partial charge in [-0.3, -0.25) is 9.59 Å². The number of ether oxygens (including phenoxy) is 1. The maximum absolute atomic E-state index is 14.6. The molecule has 1 aromatic carbocycles. The number of benzene rings is 1. The second-order valence-electron chi connectivity index (χ2n) is 17.2. The maximum atomic E-state index is 14.6. The lowest BCUT2D eigenvalue weighted by molar-refractivity contribution is -0.210. The quantitative estimate of drug-likeness (QED) is 0.340. The third-order valence-corrected chi connectivity index (χ3v) is 14.3. The number of carbonyl (C=O) groups excluding carboxylic acids is 3. The largest absolute Gasteiger partial charge is 0.462 e. The SMILES string of the molecule is CC(=O)O[C@H]1CC[C@]2(C)[C@H]3C(=O)C=C4[C@@H]5C[C@@](C)(NC(=O)Nc6ccccc6)CC[C@]5(C)CC[C@@]4(C)[C@]3(C)CC[C@H]2C1(C)C. The Bertz CT molecular complexity index is 1390. The van der Waals surface area contributed by atoms with E-state index in [2.05, 4.69) is 65.2 Å². The first-order valence-electron chi connectivity index (χ1n) is 17.0. The van der Waals surface area contributed by atoms with Gasteiger partial charge >= 0.3 is 12.0 Å². The average Bonchev–Trinajstić information content (AvgIpc) is 2.93. The number of hydrogen-bond donors (Lipinski definition) is 2. The van der Waals surface area contributed by atoms with Crippen molar-refractivity contribution in [3.63, 3.8) is 0 Å². The molecule has 4 fully saturated rings. The molecule has 0 aromatic heterocycles. The number of carbonyl (C=O) groups is 3. The van der Waals surface area contributed by atoms with Gasteiger partial charge in [-0.05, 0) is 116 Å². The Morgan fingerprint density at radius 2 is 1.55 bits per heavy atom. The van der Waals surface area contributed by atoms with Crippen LogP contribution in [0.1, 0.15) is 113 Å². The monoisotopic (exact) mass is 602 g/mol. The van der Waals surface area contributed by atoms with Gasteiger partial charge in [-0.2, -0.15) is 0 Å². The van der Waals surface area contributed by atoms with Gasteiger partial charge in [-0.15, -0.1) is 0 Å². The number of amides is 2. The Balaban J connectivity index is 1.31. The minimum Gasteiger partial charge on any atom is -0.462 e. The summed E-state index contributed by atoms with van der Waals surface area (Å²) in [7, 11) is 0. The lowest BCUT2D eigenvalue weighted by atomic mass is 9.33. The molecule has 5 aliphatic carbocycles. The molecule has 2 N–H and O–H groups in total. The number of nitrogens with one attached hydrogen (secondary N) is 2. The minimum atomic E-state index is -0.355. The standard InChI is InChI=1S/C38H54N2O4/c1-24(41)44-30-15-16-36(6)29(33(30,2)3)14-17-38(8)31(36)28(42)22-26-27-23-35(5,20-18-34(27,4)19-21-37(26,38)7)40-32(43)39-25-12-10-9-11-13-25/h9-13,22,27,29-31H,14-21,23H2,1-8H3,(H2,39,40,43)/t27-,29-,30-,31+,34+,35-,36-,37+,38+/m0/s1. The van der Waals surface area contributed by atoms with Crippen LogP contribution in [0.4, 0.5) is 10.5 Å². The molecule has 6 nitrogen and oxygen atoms in total. The number of hydrogen-bond acceptors (Lipinski definition) is 4. The third-order valence-electron chi connectivity index (χ3n) is 14.3. The molecule has 9 atom stereocenters. The molecule has 44 heavy (non-hydrogen) atoms. The highest BCUT2D eigenvalue weighted by atomic mass is 16.5. The number of ketones is 1.